The van der Waals surface area contributed by atoms with E-state index in [0.29, 0.717) is 19.5 Å². The van der Waals surface area contributed by atoms with Crippen molar-refractivity contribution in [1.82, 2.24) is 4.90 Å². The van der Waals surface area contributed by atoms with E-state index >= 15 is 0 Å². The van der Waals surface area contributed by atoms with Crippen molar-refractivity contribution in [2.24, 2.45) is 5.73 Å². The Morgan fingerprint density at radius 3 is 2.25 bits per heavy atom. The fourth-order valence-electron chi connectivity index (χ4n) is 2.81. The summed E-state index contributed by atoms with van der Waals surface area (Å²) in [5.74, 6) is -0.0778. The number of amides is 1. The van der Waals surface area contributed by atoms with Crippen molar-refractivity contribution < 1.29 is 22.7 Å². The molecule has 2 atom stereocenters. The Hall–Kier alpha value is -1.76. The molecule has 0 spiro atoms. The van der Waals surface area contributed by atoms with E-state index in [-0.39, 0.29) is 12.0 Å². The van der Waals surface area contributed by atoms with Crippen LogP contribution in [0, 0.1) is 0 Å². The van der Waals surface area contributed by atoms with Crippen molar-refractivity contribution >= 4 is 6.09 Å². The number of hydrogen-bond acceptors (Lipinski definition) is 3. The topological polar surface area (TPSA) is 55.6 Å². The standard InChI is InChI=1S/C17H23F3N2O2/c1-16(2,3)24-15(23)22-9-8-13(14(21)10-22)11-4-6-12(7-5-11)17(18,19)20/h4-7,13-14H,8-10,21H2,1-3H3. The van der Waals surface area contributed by atoms with Crippen LogP contribution in [0.4, 0.5) is 18.0 Å². The zero-order chi connectivity index (χ0) is 18.1. The minimum atomic E-state index is -4.35. The molecular weight excluding hydrogens is 321 g/mol. The number of nitrogens with zero attached hydrogens (tertiary/aromatic N) is 1. The Kier molecular flexibility index (Phi) is 5.13. The Balaban J connectivity index is 2.02. The number of alkyl halides is 3. The Morgan fingerprint density at radius 2 is 1.79 bits per heavy atom. The number of carbonyl (C=O) groups excluding carboxylic acids is 1. The molecule has 1 aliphatic heterocycles. The van der Waals surface area contributed by atoms with Gasteiger partial charge in [0.25, 0.3) is 0 Å². The first-order chi connectivity index (χ1) is 11.0. The van der Waals surface area contributed by atoms with E-state index in [1.807, 2.05) is 0 Å². The summed E-state index contributed by atoms with van der Waals surface area (Å²) in [5, 5.41) is 0. The van der Waals surface area contributed by atoms with E-state index in [1.54, 1.807) is 25.7 Å². The van der Waals surface area contributed by atoms with Gasteiger partial charge < -0.3 is 15.4 Å². The summed E-state index contributed by atoms with van der Waals surface area (Å²) in [6, 6.07) is 4.74. The monoisotopic (exact) mass is 344 g/mol. The molecule has 0 aromatic heterocycles. The van der Waals surface area contributed by atoms with Gasteiger partial charge in [0.05, 0.1) is 5.56 Å². The van der Waals surface area contributed by atoms with E-state index in [4.69, 9.17) is 10.5 Å². The molecule has 0 aliphatic carbocycles. The van der Waals surface area contributed by atoms with Crippen molar-refractivity contribution in [3.8, 4) is 0 Å². The number of rotatable bonds is 1. The number of halogens is 3. The molecule has 0 saturated carbocycles. The molecule has 4 nitrogen and oxygen atoms in total. The lowest BCUT2D eigenvalue weighted by atomic mass is 9.85. The van der Waals surface area contributed by atoms with Gasteiger partial charge in [-0.1, -0.05) is 12.1 Å². The number of piperidine rings is 1. The van der Waals surface area contributed by atoms with Crippen LogP contribution in [-0.2, 0) is 10.9 Å². The third-order valence-electron chi connectivity index (χ3n) is 3.98. The van der Waals surface area contributed by atoms with Crippen LogP contribution in [-0.4, -0.2) is 35.7 Å². The predicted octanol–water partition coefficient (Wildman–Crippen LogP) is 3.76. The highest BCUT2D eigenvalue weighted by atomic mass is 19.4. The van der Waals surface area contributed by atoms with Crippen molar-refractivity contribution in [1.29, 1.82) is 0 Å². The lowest BCUT2D eigenvalue weighted by Gasteiger charge is -2.37. The van der Waals surface area contributed by atoms with Crippen LogP contribution in [0.25, 0.3) is 0 Å². The summed E-state index contributed by atoms with van der Waals surface area (Å²) in [5.41, 5.74) is 5.67. The average Bonchev–Trinajstić information content (AvgIpc) is 2.44. The van der Waals surface area contributed by atoms with Gasteiger partial charge in [-0.25, -0.2) is 4.79 Å². The molecule has 1 saturated heterocycles. The van der Waals surface area contributed by atoms with Gasteiger partial charge in [-0.15, -0.1) is 0 Å². The third-order valence-corrected chi connectivity index (χ3v) is 3.98. The van der Waals surface area contributed by atoms with E-state index in [1.165, 1.54) is 12.1 Å². The summed E-state index contributed by atoms with van der Waals surface area (Å²) in [7, 11) is 0. The highest BCUT2D eigenvalue weighted by Crippen LogP contribution is 2.32. The molecule has 24 heavy (non-hydrogen) atoms. The first-order valence-corrected chi connectivity index (χ1v) is 7.88. The molecule has 7 heteroatoms. The number of benzene rings is 1. The minimum Gasteiger partial charge on any atom is -0.444 e. The number of carbonyl (C=O) groups is 1. The minimum absolute atomic E-state index is 0.0778. The second kappa shape index (κ2) is 6.63. The molecule has 1 aromatic rings. The predicted molar refractivity (Wildman–Crippen MR) is 84.6 cm³/mol. The maximum absolute atomic E-state index is 12.6. The van der Waals surface area contributed by atoms with Gasteiger partial charge in [0.1, 0.15) is 5.60 Å². The summed E-state index contributed by atoms with van der Waals surface area (Å²) >= 11 is 0. The maximum Gasteiger partial charge on any atom is 0.416 e. The van der Waals surface area contributed by atoms with Crippen molar-refractivity contribution in [2.75, 3.05) is 13.1 Å². The third kappa shape index (κ3) is 4.63. The number of hydrogen-bond donors (Lipinski definition) is 1. The molecule has 0 bridgehead atoms. The summed E-state index contributed by atoms with van der Waals surface area (Å²) in [6.07, 6.45) is -4.17. The van der Waals surface area contributed by atoms with Gasteiger partial charge in [-0.3, -0.25) is 0 Å². The molecule has 2 N–H and O–H groups in total. The van der Waals surface area contributed by atoms with Crippen LogP contribution in [0.3, 0.4) is 0 Å². The fraction of sp³-hybridized carbons (Fsp3) is 0.588. The second-order valence-electron chi connectivity index (χ2n) is 7.11. The van der Waals surface area contributed by atoms with Crippen LogP contribution >= 0.6 is 0 Å². The van der Waals surface area contributed by atoms with Crippen molar-refractivity contribution in [2.45, 2.75) is 50.9 Å². The first-order valence-electron chi connectivity index (χ1n) is 7.88. The van der Waals surface area contributed by atoms with Crippen molar-refractivity contribution in [3.63, 3.8) is 0 Å². The largest absolute Gasteiger partial charge is 0.444 e. The van der Waals surface area contributed by atoms with Crippen molar-refractivity contribution in [3.05, 3.63) is 35.4 Å². The van der Waals surface area contributed by atoms with Crippen LogP contribution in [0.15, 0.2) is 24.3 Å². The molecular formula is C17H23F3N2O2. The fourth-order valence-corrected chi connectivity index (χ4v) is 2.81. The lowest BCUT2D eigenvalue weighted by Crippen LogP contribution is -2.50. The molecule has 0 radical (unpaired) electrons. The number of nitrogens with two attached hydrogens (primary N) is 1. The Bertz CT molecular complexity index is 579. The average molecular weight is 344 g/mol. The van der Waals surface area contributed by atoms with Gasteiger partial charge >= 0.3 is 12.3 Å². The number of ether oxygens (including phenoxy) is 1. The summed E-state index contributed by atoms with van der Waals surface area (Å²) < 4.78 is 43.2. The molecule has 1 amide bonds. The number of likely N-dealkylation sites (tertiary alicyclic amines) is 1. The summed E-state index contributed by atoms with van der Waals surface area (Å²) in [4.78, 5) is 13.6. The Labute approximate surface area is 139 Å². The highest BCUT2D eigenvalue weighted by molar-refractivity contribution is 5.68. The quantitative estimate of drug-likeness (QED) is 0.844. The maximum atomic E-state index is 12.6. The zero-order valence-electron chi connectivity index (χ0n) is 14.1. The van der Waals surface area contributed by atoms with Gasteiger partial charge in [0, 0.05) is 25.0 Å². The highest BCUT2D eigenvalue weighted by Gasteiger charge is 2.34. The molecule has 2 rings (SSSR count). The molecule has 1 heterocycles. The van der Waals surface area contributed by atoms with Gasteiger partial charge in [0.15, 0.2) is 0 Å². The zero-order valence-corrected chi connectivity index (χ0v) is 14.1. The molecule has 1 fully saturated rings. The van der Waals surface area contributed by atoms with Crippen LogP contribution in [0.2, 0.25) is 0 Å². The van der Waals surface area contributed by atoms with Gasteiger partial charge in [-0.2, -0.15) is 13.2 Å². The normalized spacial score (nSPS) is 22.4. The molecule has 1 aromatic carbocycles. The SMILES string of the molecule is CC(C)(C)OC(=O)N1CCC(c2ccc(C(F)(F)F)cc2)C(N)C1. The van der Waals surface area contributed by atoms with Crippen LogP contribution in [0.1, 0.15) is 44.2 Å². The summed E-state index contributed by atoms with van der Waals surface area (Å²) in [6.45, 7) is 6.16. The lowest BCUT2D eigenvalue weighted by molar-refractivity contribution is -0.137. The molecule has 2 unspecified atom stereocenters. The Morgan fingerprint density at radius 1 is 1.21 bits per heavy atom. The van der Waals surface area contributed by atoms with E-state index < -0.39 is 23.4 Å². The van der Waals surface area contributed by atoms with Gasteiger partial charge in [-0.05, 0) is 44.9 Å². The second-order valence-corrected chi connectivity index (χ2v) is 7.11. The van der Waals surface area contributed by atoms with E-state index in [2.05, 4.69) is 0 Å². The van der Waals surface area contributed by atoms with Gasteiger partial charge in [0.2, 0.25) is 0 Å². The van der Waals surface area contributed by atoms with Crippen LogP contribution in [0.5, 0.6) is 0 Å². The molecule has 1 aliphatic rings. The first kappa shape index (κ1) is 18.6. The van der Waals surface area contributed by atoms with Crippen LogP contribution < -0.4 is 5.73 Å². The molecule has 134 valence electrons. The smallest absolute Gasteiger partial charge is 0.416 e. The van der Waals surface area contributed by atoms with E-state index in [0.717, 1.165) is 17.7 Å². The van der Waals surface area contributed by atoms with E-state index in [9.17, 15) is 18.0 Å².